The number of esters is 1. The number of rotatable bonds is 9. The standard InChI is InChI=1S/C31H31N5O8S2/c1-17-11-13-19(14-12-17)46(38,39)35-26-21(29(37)40-4)27-33-28(45-5)20(15-32)22(36(27)34-26)23-24(41-16-18-9-7-6-8-10-18)25-30(42-23)44-31(2,3)43-25/h6-14,23-25,30H,16H2,1-5H3,(H,34,35)/t23-,24+,25-,30-/m1/s1. The van der Waals surface area contributed by atoms with Gasteiger partial charge in [-0.1, -0.05) is 48.0 Å². The van der Waals surface area contributed by atoms with Gasteiger partial charge in [-0.05, 0) is 44.7 Å². The van der Waals surface area contributed by atoms with Crippen molar-refractivity contribution in [2.24, 2.45) is 0 Å². The lowest BCUT2D eigenvalue weighted by atomic mass is 10.0. The van der Waals surface area contributed by atoms with Crippen molar-refractivity contribution >= 4 is 39.2 Å². The molecule has 4 aromatic rings. The maximum absolute atomic E-state index is 13.4. The molecule has 4 heterocycles. The lowest BCUT2D eigenvalue weighted by Gasteiger charge is -2.27. The number of hydrogen-bond donors (Lipinski definition) is 1. The molecule has 2 aliphatic rings. The summed E-state index contributed by atoms with van der Waals surface area (Å²) >= 11 is 1.16. The first kappa shape index (κ1) is 31.9. The van der Waals surface area contributed by atoms with Gasteiger partial charge >= 0.3 is 5.97 Å². The first-order chi connectivity index (χ1) is 22.0. The summed E-state index contributed by atoms with van der Waals surface area (Å²) in [5.41, 5.74) is 1.76. The normalized spacial score (nSPS) is 22.0. The number of carbonyl (C=O) groups excluding carboxylic acids is 1. The van der Waals surface area contributed by atoms with Gasteiger partial charge in [-0.3, -0.25) is 4.72 Å². The third kappa shape index (κ3) is 5.83. The number of methoxy groups -OCH3 is 1. The molecule has 240 valence electrons. The van der Waals surface area contributed by atoms with Gasteiger partial charge in [0.1, 0.15) is 40.5 Å². The van der Waals surface area contributed by atoms with Crippen molar-refractivity contribution in [2.45, 2.75) is 67.7 Å². The highest BCUT2D eigenvalue weighted by molar-refractivity contribution is 7.98. The van der Waals surface area contributed by atoms with Crippen LogP contribution in [0, 0.1) is 18.3 Å². The van der Waals surface area contributed by atoms with Crippen LogP contribution < -0.4 is 4.72 Å². The summed E-state index contributed by atoms with van der Waals surface area (Å²) in [6, 6.07) is 17.9. The lowest BCUT2D eigenvalue weighted by Crippen LogP contribution is -2.34. The zero-order valence-corrected chi connectivity index (χ0v) is 27.2. The van der Waals surface area contributed by atoms with E-state index in [1.807, 2.05) is 37.3 Å². The number of nitrogens with one attached hydrogen (secondary N) is 1. The van der Waals surface area contributed by atoms with Gasteiger partial charge in [-0.2, -0.15) is 5.26 Å². The van der Waals surface area contributed by atoms with Crippen LogP contribution >= 0.6 is 11.8 Å². The highest BCUT2D eigenvalue weighted by atomic mass is 32.2. The highest BCUT2D eigenvalue weighted by Crippen LogP contribution is 2.46. The minimum Gasteiger partial charge on any atom is -0.465 e. The molecule has 6 rings (SSSR count). The van der Waals surface area contributed by atoms with Crippen LogP contribution in [0.5, 0.6) is 0 Å². The van der Waals surface area contributed by atoms with Crippen molar-refractivity contribution in [2.75, 3.05) is 18.1 Å². The van der Waals surface area contributed by atoms with Gasteiger partial charge in [0, 0.05) is 0 Å². The maximum Gasteiger partial charge on any atom is 0.345 e. The van der Waals surface area contributed by atoms with Crippen molar-refractivity contribution in [3.8, 4) is 6.07 Å². The monoisotopic (exact) mass is 665 g/mol. The lowest BCUT2D eigenvalue weighted by molar-refractivity contribution is -0.221. The van der Waals surface area contributed by atoms with Crippen molar-refractivity contribution < 1.29 is 36.9 Å². The van der Waals surface area contributed by atoms with Crippen LogP contribution in [0.3, 0.4) is 0 Å². The van der Waals surface area contributed by atoms with Crippen molar-refractivity contribution in [3.63, 3.8) is 0 Å². The third-order valence-corrected chi connectivity index (χ3v) is 9.61. The van der Waals surface area contributed by atoms with Crippen LogP contribution in [0.25, 0.3) is 5.65 Å². The number of ether oxygens (including phenoxy) is 5. The molecule has 46 heavy (non-hydrogen) atoms. The Balaban J connectivity index is 1.52. The Hall–Kier alpha value is -4.04. The number of anilines is 1. The van der Waals surface area contributed by atoms with Crippen LogP contribution in [0.2, 0.25) is 0 Å². The van der Waals surface area contributed by atoms with Crippen LogP contribution in [-0.4, -0.2) is 66.6 Å². The number of thioether (sulfide) groups is 1. The Labute approximate surface area is 269 Å². The summed E-state index contributed by atoms with van der Waals surface area (Å²) in [5.74, 6) is -2.19. The van der Waals surface area contributed by atoms with E-state index in [9.17, 15) is 18.5 Å². The van der Waals surface area contributed by atoms with Crippen LogP contribution in [0.1, 0.15) is 52.7 Å². The summed E-state index contributed by atoms with van der Waals surface area (Å²) in [6.45, 7) is 5.55. The summed E-state index contributed by atoms with van der Waals surface area (Å²) in [5, 5.41) is 15.2. The van der Waals surface area contributed by atoms with E-state index >= 15 is 0 Å². The Bertz CT molecular complexity index is 1940. The molecule has 2 fully saturated rings. The first-order valence-corrected chi connectivity index (χ1v) is 16.9. The fourth-order valence-electron chi connectivity index (χ4n) is 5.48. The predicted octanol–water partition coefficient (Wildman–Crippen LogP) is 4.35. The van der Waals surface area contributed by atoms with Gasteiger partial charge in [0.2, 0.25) is 0 Å². The van der Waals surface area contributed by atoms with E-state index in [1.165, 1.54) is 16.6 Å². The minimum absolute atomic E-state index is 0.0417. The maximum atomic E-state index is 13.4. The zero-order valence-electron chi connectivity index (χ0n) is 25.6. The van der Waals surface area contributed by atoms with Gasteiger partial charge in [0.25, 0.3) is 10.0 Å². The number of aromatic nitrogens is 3. The van der Waals surface area contributed by atoms with Crippen LogP contribution in [-0.2, 0) is 40.3 Å². The molecule has 2 saturated heterocycles. The van der Waals surface area contributed by atoms with Crippen LogP contribution in [0.15, 0.2) is 64.5 Å². The summed E-state index contributed by atoms with van der Waals surface area (Å²) in [6.07, 6.45) is -1.64. The fraction of sp³-hybridized carbons (Fsp3) is 0.355. The second-order valence-corrected chi connectivity index (χ2v) is 13.6. The molecule has 4 atom stereocenters. The number of aryl methyl sites for hydroxylation is 1. The molecule has 0 spiro atoms. The number of carbonyl (C=O) groups is 1. The number of fused-ring (bicyclic) bond motifs is 2. The number of benzene rings is 2. The smallest absolute Gasteiger partial charge is 0.345 e. The molecule has 0 saturated carbocycles. The fourth-order valence-corrected chi connectivity index (χ4v) is 7.02. The third-order valence-electron chi connectivity index (χ3n) is 7.57. The van der Waals surface area contributed by atoms with Gasteiger partial charge in [-0.25, -0.2) is 22.7 Å². The zero-order chi connectivity index (χ0) is 32.8. The van der Waals surface area contributed by atoms with E-state index < -0.39 is 46.4 Å². The summed E-state index contributed by atoms with van der Waals surface area (Å²) < 4.78 is 60.6. The van der Waals surface area contributed by atoms with E-state index in [4.69, 9.17) is 23.7 Å². The quantitative estimate of drug-likeness (QED) is 0.153. The molecule has 0 amide bonds. The average molecular weight is 666 g/mol. The molecule has 13 nitrogen and oxygen atoms in total. The SMILES string of the molecule is COC(=O)c1c(NS(=O)(=O)c2ccc(C)cc2)nn2c([C@H]3O[C@@H]4OC(C)(C)O[C@@H]4[C@H]3OCc3ccccc3)c(C#N)c(SC)nc12. The second-order valence-electron chi connectivity index (χ2n) is 11.1. The summed E-state index contributed by atoms with van der Waals surface area (Å²) in [7, 11) is -3.05. The largest absolute Gasteiger partial charge is 0.465 e. The van der Waals surface area contributed by atoms with Crippen molar-refractivity contribution in [1.82, 2.24) is 14.6 Å². The molecule has 1 N–H and O–H groups in total. The molecule has 0 radical (unpaired) electrons. The molecule has 2 aliphatic heterocycles. The topological polar surface area (TPSA) is 163 Å². The Morgan fingerprint density at radius 1 is 1.15 bits per heavy atom. The highest BCUT2D eigenvalue weighted by Gasteiger charge is 2.57. The molecule has 2 aromatic heterocycles. The molecule has 0 bridgehead atoms. The second kappa shape index (κ2) is 12.3. The van der Waals surface area contributed by atoms with E-state index in [2.05, 4.69) is 20.9 Å². The predicted molar refractivity (Wildman–Crippen MR) is 165 cm³/mol. The molecule has 15 heteroatoms. The summed E-state index contributed by atoms with van der Waals surface area (Å²) in [4.78, 5) is 17.7. The number of nitriles is 1. The van der Waals surface area contributed by atoms with E-state index in [0.717, 1.165) is 30.0 Å². The molecular formula is C31H31N5O8S2. The van der Waals surface area contributed by atoms with Gasteiger partial charge < -0.3 is 23.7 Å². The Kier molecular flexibility index (Phi) is 8.53. The van der Waals surface area contributed by atoms with E-state index in [-0.39, 0.29) is 44.8 Å². The number of nitrogens with zero attached hydrogens (tertiary/aromatic N) is 4. The molecule has 0 aliphatic carbocycles. The number of sulfonamides is 1. The average Bonchev–Trinajstić information content (AvgIpc) is 3.65. The molecule has 2 aromatic carbocycles. The van der Waals surface area contributed by atoms with E-state index in [1.54, 1.807) is 32.2 Å². The van der Waals surface area contributed by atoms with Crippen molar-refractivity contribution in [1.29, 1.82) is 5.26 Å². The van der Waals surface area contributed by atoms with E-state index in [0.29, 0.717) is 0 Å². The van der Waals surface area contributed by atoms with Gasteiger partial charge in [0.15, 0.2) is 23.5 Å². The van der Waals surface area contributed by atoms with Crippen LogP contribution in [0.4, 0.5) is 5.82 Å². The Morgan fingerprint density at radius 2 is 1.87 bits per heavy atom. The number of hydrogen-bond acceptors (Lipinski definition) is 12. The van der Waals surface area contributed by atoms with Crippen molar-refractivity contribution in [3.05, 3.63) is 82.5 Å². The Morgan fingerprint density at radius 3 is 2.52 bits per heavy atom. The minimum atomic E-state index is -4.21. The van der Waals surface area contributed by atoms with Gasteiger partial charge in [0.05, 0.1) is 24.3 Å². The molecular weight excluding hydrogens is 635 g/mol. The first-order valence-electron chi connectivity index (χ1n) is 14.2. The van der Waals surface area contributed by atoms with Gasteiger partial charge in [-0.15, -0.1) is 16.9 Å². The molecule has 0 unspecified atom stereocenters.